The first kappa shape index (κ1) is 19.8. The lowest BCUT2D eigenvalue weighted by atomic mass is 10.1. The van der Waals surface area contributed by atoms with E-state index in [0.717, 1.165) is 17.0 Å². The molecule has 1 amide bonds. The van der Waals surface area contributed by atoms with Crippen molar-refractivity contribution >= 4 is 23.2 Å². The molecule has 0 radical (unpaired) electrons. The molecule has 3 aromatic rings. The fraction of sp³-hybridized carbons (Fsp3) is 0.350. The smallest absolute Gasteiger partial charge is 0.252 e. The van der Waals surface area contributed by atoms with Gasteiger partial charge in [0.05, 0.1) is 12.2 Å². The number of hydrogen-bond donors (Lipinski definition) is 2. The van der Waals surface area contributed by atoms with Gasteiger partial charge in [0, 0.05) is 29.4 Å². The zero-order chi connectivity index (χ0) is 21.4. The van der Waals surface area contributed by atoms with Gasteiger partial charge in [0.15, 0.2) is 23.1 Å². The molecule has 1 aliphatic rings. The van der Waals surface area contributed by atoms with E-state index in [2.05, 4.69) is 20.4 Å². The number of nitrogens with two attached hydrogens (primary N) is 1. The quantitative estimate of drug-likeness (QED) is 0.587. The van der Waals surface area contributed by atoms with Gasteiger partial charge in [-0.05, 0) is 38.8 Å². The Morgan fingerprint density at radius 2 is 1.93 bits per heavy atom. The van der Waals surface area contributed by atoms with E-state index in [1.54, 1.807) is 16.6 Å². The Bertz CT molecular complexity index is 1170. The van der Waals surface area contributed by atoms with Crippen molar-refractivity contribution < 1.29 is 19.1 Å². The SMILES string of the molecule is CC(=O)c1cc2c(cc1NC(=O)CCc1c(C)nc3nc(CN)nn3c1C)OCO2. The lowest BCUT2D eigenvalue weighted by molar-refractivity contribution is -0.116. The number of carbonyl (C=O) groups is 2. The Kier molecular flexibility index (Phi) is 5.08. The van der Waals surface area contributed by atoms with Crippen LogP contribution in [0.1, 0.15) is 46.5 Å². The number of benzene rings is 1. The molecule has 0 fully saturated rings. The van der Waals surface area contributed by atoms with Crippen LogP contribution in [0.3, 0.4) is 0 Å². The third-order valence-electron chi connectivity index (χ3n) is 5.04. The topological polar surface area (TPSA) is 134 Å². The van der Waals surface area contributed by atoms with Crippen molar-refractivity contribution in [3.63, 3.8) is 0 Å². The largest absolute Gasteiger partial charge is 0.454 e. The highest BCUT2D eigenvalue weighted by molar-refractivity contribution is 6.04. The van der Waals surface area contributed by atoms with Crippen molar-refractivity contribution in [3.05, 3.63) is 40.5 Å². The number of aromatic nitrogens is 4. The van der Waals surface area contributed by atoms with Crippen LogP contribution in [0.15, 0.2) is 12.1 Å². The lowest BCUT2D eigenvalue weighted by Crippen LogP contribution is -2.16. The molecule has 4 rings (SSSR count). The van der Waals surface area contributed by atoms with E-state index in [9.17, 15) is 9.59 Å². The predicted octanol–water partition coefficient (Wildman–Crippen LogP) is 1.70. The molecule has 3 heterocycles. The van der Waals surface area contributed by atoms with Gasteiger partial charge in [0.2, 0.25) is 12.7 Å². The number of rotatable bonds is 6. The van der Waals surface area contributed by atoms with Crippen LogP contribution in [-0.2, 0) is 17.8 Å². The van der Waals surface area contributed by atoms with Crippen LogP contribution in [0.5, 0.6) is 11.5 Å². The molecule has 3 N–H and O–H groups in total. The van der Waals surface area contributed by atoms with Gasteiger partial charge in [-0.25, -0.2) is 9.50 Å². The van der Waals surface area contributed by atoms with Crippen LogP contribution in [0.25, 0.3) is 5.78 Å². The summed E-state index contributed by atoms with van der Waals surface area (Å²) in [7, 11) is 0. The molecular formula is C20H22N6O4. The fourth-order valence-electron chi connectivity index (χ4n) is 3.49. The van der Waals surface area contributed by atoms with Crippen molar-refractivity contribution in [2.45, 2.75) is 40.2 Å². The van der Waals surface area contributed by atoms with Crippen molar-refractivity contribution in [2.24, 2.45) is 5.73 Å². The summed E-state index contributed by atoms with van der Waals surface area (Å²) in [5.74, 6) is 1.60. The zero-order valence-electron chi connectivity index (χ0n) is 17.0. The van der Waals surface area contributed by atoms with E-state index in [1.165, 1.54) is 6.92 Å². The number of fused-ring (bicyclic) bond motifs is 2. The van der Waals surface area contributed by atoms with Crippen LogP contribution in [0, 0.1) is 13.8 Å². The molecule has 2 aromatic heterocycles. The van der Waals surface area contributed by atoms with Crippen molar-refractivity contribution in [1.29, 1.82) is 0 Å². The highest BCUT2D eigenvalue weighted by Gasteiger charge is 2.21. The first-order valence-corrected chi connectivity index (χ1v) is 9.53. The van der Waals surface area contributed by atoms with Gasteiger partial charge in [0.25, 0.3) is 5.78 Å². The van der Waals surface area contributed by atoms with Gasteiger partial charge < -0.3 is 20.5 Å². The molecule has 0 saturated heterocycles. The first-order valence-electron chi connectivity index (χ1n) is 9.53. The van der Waals surface area contributed by atoms with Crippen LogP contribution in [0.4, 0.5) is 5.69 Å². The highest BCUT2D eigenvalue weighted by Crippen LogP contribution is 2.37. The minimum atomic E-state index is -0.225. The van der Waals surface area contributed by atoms with Crippen LogP contribution in [-0.4, -0.2) is 38.1 Å². The maximum atomic E-state index is 12.6. The summed E-state index contributed by atoms with van der Waals surface area (Å²) in [6.07, 6.45) is 0.670. The summed E-state index contributed by atoms with van der Waals surface area (Å²) >= 11 is 0. The van der Waals surface area contributed by atoms with Crippen molar-refractivity contribution in [2.75, 3.05) is 12.1 Å². The Labute approximate surface area is 172 Å². The van der Waals surface area contributed by atoms with E-state index >= 15 is 0 Å². The van der Waals surface area contributed by atoms with E-state index < -0.39 is 0 Å². The fourth-order valence-corrected chi connectivity index (χ4v) is 3.49. The number of nitrogens with one attached hydrogen (secondary N) is 1. The Morgan fingerprint density at radius 1 is 1.20 bits per heavy atom. The summed E-state index contributed by atoms with van der Waals surface area (Å²) in [4.78, 5) is 33.4. The van der Waals surface area contributed by atoms with Crippen molar-refractivity contribution in [3.8, 4) is 11.5 Å². The second kappa shape index (κ2) is 7.71. The Balaban J connectivity index is 1.53. The normalized spacial score (nSPS) is 12.4. The first-order chi connectivity index (χ1) is 14.4. The third kappa shape index (κ3) is 3.57. The van der Waals surface area contributed by atoms with Gasteiger partial charge in [-0.3, -0.25) is 9.59 Å². The lowest BCUT2D eigenvalue weighted by Gasteiger charge is -2.12. The van der Waals surface area contributed by atoms with Crippen molar-refractivity contribution in [1.82, 2.24) is 19.6 Å². The second-order valence-electron chi connectivity index (χ2n) is 7.06. The molecule has 1 aliphatic heterocycles. The number of carbonyl (C=O) groups excluding carboxylic acids is 2. The molecule has 30 heavy (non-hydrogen) atoms. The zero-order valence-corrected chi connectivity index (χ0v) is 17.0. The Hall–Kier alpha value is -3.53. The van der Waals surface area contributed by atoms with E-state index in [4.69, 9.17) is 15.2 Å². The minimum absolute atomic E-state index is 0.0895. The number of ketones is 1. The molecule has 0 spiro atoms. The average Bonchev–Trinajstić information content (AvgIpc) is 3.33. The number of amides is 1. The number of hydrogen-bond acceptors (Lipinski definition) is 8. The summed E-state index contributed by atoms with van der Waals surface area (Å²) < 4.78 is 12.3. The van der Waals surface area contributed by atoms with Gasteiger partial charge in [-0.15, -0.1) is 5.10 Å². The summed E-state index contributed by atoms with van der Waals surface area (Å²) in [6, 6.07) is 3.21. The molecular weight excluding hydrogens is 388 g/mol. The third-order valence-corrected chi connectivity index (χ3v) is 5.04. The molecule has 0 unspecified atom stereocenters. The van der Waals surface area contributed by atoms with Gasteiger partial charge >= 0.3 is 0 Å². The average molecular weight is 410 g/mol. The molecule has 0 aliphatic carbocycles. The molecule has 0 atom stereocenters. The number of aryl methyl sites for hydroxylation is 2. The van der Waals surface area contributed by atoms with E-state index in [0.29, 0.717) is 40.8 Å². The standard InChI is InChI=1S/C20H22N6O4/c1-10-13(11(2)26-20(22-10)24-18(8-21)25-26)4-5-19(28)23-15-7-17-16(29-9-30-17)6-14(15)12(3)27/h6-7H,4-5,8-9,21H2,1-3H3,(H,23,28). The molecule has 1 aromatic carbocycles. The van der Waals surface area contributed by atoms with Gasteiger partial charge in [-0.1, -0.05) is 0 Å². The Morgan fingerprint density at radius 3 is 2.63 bits per heavy atom. The molecule has 0 saturated carbocycles. The molecule has 156 valence electrons. The highest BCUT2D eigenvalue weighted by atomic mass is 16.7. The number of ether oxygens (including phenoxy) is 2. The second-order valence-corrected chi connectivity index (χ2v) is 7.06. The number of anilines is 1. The summed E-state index contributed by atoms with van der Waals surface area (Å²) in [6.45, 7) is 5.55. The van der Waals surface area contributed by atoms with Crippen LogP contribution in [0.2, 0.25) is 0 Å². The van der Waals surface area contributed by atoms with Gasteiger partial charge in [-0.2, -0.15) is 4.98 Å². The molecule has 10 heteroatoms. The van der Waals surface area contributed by atoms with Crippen LogP contribution < -0.4 is 20.5 Å². The minimum Gasteiger partial charge on any atom is -0.454 e. The monoisotopic (exact) mass is 410 g/mol. The maximum absolute atomic E-state index is 12.6. The summed E-state index contributed by atoms with van der Waals surface area (Å²) in [5.41, 5.74) is 8.97. The van der Waals surface area contributed by atoms with E-state index in [1.807, 2.05) is 13.8 Å². The maximum Gasteiger partial charge on any atom is 0.252 e. The number of nitrogens with zero attached hydrogens (tertiary/aromatic N) is 4. The predicted molar refractivity (Wildman–Crippen MR) is 108 cm³/mol. The molecule has 0 bridgehead atoms. The number of Topliss-reactive ketones (excluding diaryl/α,β-unsaturated/α-hetero) is 1. The van der Waals surface area contributed by atoms with E-state index in [-0.39, 0.29) is 31.4 Å². The molecule has 10 nitrogen and oxygen atoms in total. The van der Waals surface area contributed by atoms with Gasteiger partial charge in [0.1, 0.15) is 0 Å². The summed E-state index contributed by atoms with van der Waals surface area (Å²) in [5, 5.41) is 7.16. The van der Waals surface area contributed by atoms with Crippen LogP contribution >= 0.6 is 0 Å².